The van der Waals surface area contributed by atoms with Crippen LogP contribution in [0.5, 0.6) is 0 Å². The number of nitrogens with one attached hydrogen (secondary N) is 1. The minimum atomic E-state index is -0.291. The van der Waals surface area contributed by atoms with Crippen LogP contribution in [-0.4, -0.2) is 29.5 Å². The highest BCUT2D eigenvalue weighted by atomic mass is 32.1. The van der Waals surface area contributed by atoms with E-state index in [1.807, 2.05) is 26.8 Å². The molecule has 0 bridgehead atoms. The van der Waals surface area contributed by atoms with Crippen molar-refractivity contribution in [1.82, 2.24) is 10.3 Å². The second-order valence-electron chi connectivity index (χ2n) is 6.75. The van der Waals surface area contributed by atoms with Gasteiger partial charge in [-0.1, -0.05) is 17.4 Å². The van der Waals surface area contributed by atoms with Crippen molar-refractivity contribution in [3.05, 3.63) is 24.0 Å². The largest absolute Gasteiger partial charge is 0.351 e. The summed E-state index contributed by atoms with van der Waals surface area (Å²) < 4.78 is 14.6. The number of benzene rings is 1. The molecule has 1 aliphatic heterocycles. The molecule has 22 heavy (non-hydrogen) atoms. The van der Waals surface area contributed by atoms with Crippen LogP contribution < -0.4 is 10.2 Å². The number of carbonyl (C=O) groups is 1. The van der Waals surface area contributed by atoms with Gasteiger partial charge >= 0.3 is 0 Å². The van der Waals surface area contributed by atoms with Crippen LogP contribution in [0.15, 0.2) is 18.2 Å². The Labute approximate surface area is 133 Å². The number of halogens is 1. The van der Waals surface area contributed by atoms with E-state index in [-0.39, 0.29) is 23.2 Å². The van der Waals surface area contributed by atoms with Crippen LogP contribution >= 0.6 is 11.3 Å². The van der Waals surface area contributed by atoms with Crippen molar-refractivity contribution in [2.45, 2.75) is 32.7 Å². The zero-order valence-corrected chi connectivity index (χ0v) is 13.8. The Hall–Kier alpha value is -1.69. The van der Waals surface area contributed by atoms with Crippen molar-refractivity contribution in [2.75, 3.05) is 18.0 Å². The predicted molar refractivity (Wildman–Crippen MR) is 87.8 cm³/mol. The molecular weight excluding hydrogens is 301 g/mol. The van der Waals surface area contributed by atoms with E-state index in [0.717, 1.165) is 22.8 Å². The van der Waals surface area contributed by atoms with Crippen molar-refractivity contribution in [1.29, 1.82) is 0 Å². The first kappa shape index (κ1) is 15.2. The number of hydrogen-bond donors (Lipinski definition) is 1. The molecule has 0 aliphatic carbocycles. The van der Waals surface area contributed by atoms with Crippen LogP contribution in [0.4, 0.5) is 9.52 Å². The first-order valence-electron chi connectivity index (χ1n) is 7.45. The van der Waals surface area contributed by atoms with Gasteiger partial charge in [-0.05, 0) is 39.3 Å². The Morgan fingerprint density at radius 1 is 1.45 bits per heavy atom. The Bertz CT molecular complexity index is 707. The molecule has 1 unspecified atom stereocenters. The van der Waals surface area contributed by atoms with Crippen LogP contribution in [0.25, 0.3) is 10.2 Å². The van der Waals surface area contributed by atoms with E-state index in [1.165, 1.54) is 17.4 Å². The number of thiazole rings is 1. The maximum atomic E-state index is 13.7. The fourth-order valence-corrected chi connectivity index (χ4v) is 3.67. The molecule has 1 N–H and O–H groups in total. The summed E-state index contributed by atoms with van der Waals surface area (Å²) >= 11 is 1.48. The molecule has 2 aromatic rings. The lowest BCUT2D eigenvalue weighted by Gasteiger charge is -2.23. The lowest BCUT2D eigenvalue weighted by Crippen LogP contribution is -2.44. The fraction of sp³-hybridized carbons (Fsp3) is 0.500. The quantitative estimate of drug-likeness (QED) is 0.924. The molecule has 1 aliphatic rings. The number of carbonyl (C=O) groups excluding carboxylic acids is 1. The van der Waals surface area contributed by atoms with Gasteiger partial charge in [-0.3, -0.25) is 4.79 Å². The molecule has 0 spiro atoms. The van der Waals surface area contributed by atoms with Gasteiger partial charge in [-0.25, -0.2) is 9.37 Å². The highest BCUT2D eigenvalue weighted by Gasteiger charge is 2.31. The third-order valence-electron chi connectivity index (χ3n) is 3.69. The highest BCUT2D eigenvalue weighted by molar-refractivity contribution is 7.22. The van der Waals surface area contributed by atoms with Crippen molar-refractivity contribution < 1.29 is 9.18 Å². The molecule has 0 saturated carbocycles. The molecule has 1 amide bonds. The van der Waals surface area contributed by atoms with Gasteiger partial charge in [0, 0.05) is 18.6 Å². The van der Waals surface area contributed by atoms with Crippen LogP contribution in [0.1, 0.15) is 27.2 Å². The summed E-state index contributed by atoms with van der Waals surface area (Å²) in [5.41, 5.74) is 0.203. The molecule has 0 radical (unpaired) electrons. The number of fused-ring (bicyclic) bond motifs is 1. The lowest BCUT2D eigenvalue weighted by atomic mass is 10.0. The maximum absolute atomic E-state index is 13.7. The standard InChI is InChI=1S/C16H20FN3OS/c1-16(2,3)19-14(21)10-7-8-20(9-10)15-18-13-11(17)5-4-6-12(13)22-15/h4-6,10H,7-9H2,1-3H3,(H,19,21). The number of amides is 1. The van der Waals surface area contributed by atoms with Crippen molar-refractivity contribution >= 4 is 32.6 Å². The van der Waals surface area contributed by atoms with Gasteiger partial charge in [0.25, 0.3) is 0 Å². The molecule has 2 heterocycles. The number of anilines is 1. The third kappa shape index (κ3) is 3.06. The van der Waals surface area contributed by atoms with E-state index in [2.05, 4.69) is 15.2 Å². The van der Waals surface area contributed by atoms with E-state index in [1.54, 1.807) is 6.07 Å². The number of aromatic nitrogens is 1. The summed E-state index contributed by atoms with van der Waals surface area (Å²) in [6, 6.07) is 5.00. The van der Waals surface area contributed by atoms with E-state index in [4.69, 9.17) is 0 Å². The van der Waals surface area contributed by atoms with Crippen LogP contribution in [0.2, 0.25) is 0 Å². The molecule has 118 valence electrons. The van der Waals surface area contributed by atoms with Gasteiger partial charge in [0.2, 0.25) is 5.91 Å². The summed E-state index contributed by atoms with van der Waals surface area (Å²) in [6.45, 7) is 7.36. The average Bonchev–Trinajstić information content (AvgIpc) is 3.03. The lowest BCUT2D eigenvalue weighted by molar-refractivity contribution is -0.125. The van der Waals surface area contributed by atoms with Gasteiger partial charge in [-0.2, -0.15) is 0 Å². The van der Waals surface area contributed by atoms with E-state index in [9.17, 15) is 9.18 Å². The number of para-hydroxylation sites is 1. The SMILES string of the molecule is CC(C)(C)NC(=O)C1CCN(c2nc3c(F)cccc3s2)C1. The summed E-state index contributed by atoms with van der Waals surface area (Å²) in [4.78, 5) is 18.7. The summed E-state index contributed by atoms with van der Waals surface area (Å²) in [7, 11) is 0. The second kappa shape index (κ2) is 5.50. The Morgan fingerprint density at radius 3 is 2.91 bits per heavy atom. The Morgan fingerprint density at radius 2 is 2.23 bits per heavy atom. The van der Waals surface area contributed by atoms with Gasteiger partial charge in [-0.15, -0.1) is 0 Å². The van der Waals surface area contributed by atoms with Gasteiger partial charge in [0.1, 0.15) is 11.3 Å². The van der Waals surface area contributed by atoms with E-state index < -0.39 is 0 Å². The number of nitrogens with zero attached hydrogens (tertiary/aromatic N) is 2. The minimum Gasteiger partial charge on any atom is -0.351 e. The second-order valence-corrected chi connectivity index (χ2v) is 7.76. The van der Waals surface area contributed by atoms with Crippen molar-refractivity contribution in [3.8, 4) is 0 Å². The van der Waals surface area contributed by atoms with Crippen molar-refractivity contribution in [2.24, 2.45) is 5.92 Å². The number of hydrogen-bond acceptors (Lipinski definition) is 4. The van der Waals surface area contributed by atoms with E-state index in [0.29, 0.717) is 12.1 Å². The average molecular weight is 321 g/mol. The summed E-state index contributed by atoms with van der Waals surface area (Å²) in [5.74, 6) is -0.236. The normalized spacial score (nSPS) is 18.9. The monoisotopic (exact) mass is 321 g/mol. The molecule has 1 aromatic heterocycles. The molecule has 4 nitrogen and oxygen atoms in total. The molecule has 1 fully saturated rings. The maximum Gasteiger partial charge on any atom is 0.225 e. The predicted octanol–water partition coefficient (Wildman–Crippen LogP) is 3.18. The zero-order valence-electron chi connectivity index (χ0n) is 13.0. The smallest absolute Gasteiger partial charge is 0.225 e. The van der Waals surface area contributed by atoms with Crippen molar-refractivity contribution in [3.63, 3.8) is 0 Å². The molecular formula is C16H20FN3OS. The van der Waals surface area contributed by atoms with Crippen LogP contribution in [0.3, 0.4) is 0 Å². The first-order valence-corrected chi connectivity index (χ1v) is 8.27. The van der Waals surface area contributed by atoms with Crippen LogP contribution in [0, 0.1) is 11.7 Å². The van der Waals surface area contributed by atoms with Gasteiger partial charge in [0.05, 0.1) is 10.6 Å². The minimum absolute atomic E-state index is 0.0314. The van der Waals surface area contributed by atoms with E-state index >= 15 is 0 Å². The van der Waals surface area contributed by atoms with Crippen LogP contribution in [-0.2, 0) is 4.79 Å². The molecule has 1 saturated heterocycles. The first-order chi connectivity index (χ1) is 10.3. The van der Waals surface area contributed by atoms with Gasteiger partial charge < -0.3 is 10.2 Å². The summed E-state index contributed by atoms with van der Waals surface area (Å²) in [5, 5.41) is 3.82. The zero-order chi connectivity index (χ0) is 15.9. The highest BCUT2D eigenvalue weighted by Crippen LogP contribution is 2.33. The topological polar surface area (TPSA) is 45.2 Å². The number of rotatable bonds is 2. The van der Waals surface area contributed by atoms with Gasteiger partial charge in [0.15, 0.2) is 5.13 Å². The molecule has 6 heteroatoms. The molecule has 3 rings (SSSR count). The Kier molecular flexibility index (Phi) is 3.80. The third-order valence-corrected chi connectivity index (χ3v) is 4.77. The Balaban J connectivity index is 1.74. The molecule has 1 atom stereocenters. The fourth-order valence-electron chi connectivity index (χ4n) is 2.66. The molecule has 1 aromatic carbocycles. The summed E-state index contributed by atoms with van der Waals surface area (Å²) in [6.07, 6.45) is 0.806.